The summed E-state index contributed by atoms with van der Waals surface area (Å²) < 4.78 is 22.2. The molecule has 0 heterocycles. The maximum Gasteiger partial charge on any atom is 0.255 e. The summed E-state index contributed by atoms with van der Waals surface area (Å²) >= 11 is 6.36. The summed E-state index contributed by atoms with van der Waals surface area (Å²) in [5.74, 6) is 1.99. The van der Waals surface area contributed by atoms with Gasteiger partial charge in [0.05, 0.1) is 37.6 Å². The Morgan fingerprint density at radius 2 is 1.76 bits per heavy atom. The fourth-order valence-electron chi connectivity index (χ4n) is 2.58. The molecule has 158 valence electrons. The second-order valence-electron chi connectivity index (χ2n) is 6.67. The highest BCUT2D eigenvalue weighted by atomic mass is 35.5. The second-order valence-corrected chi connectivity index (χ2v) is 7.08. The van der Waals surface area contributed by atoms with Gasteiger partial charge < -0.3 is 24.3 Å². The molecule has 1 N–H and O–H groups in total. The lowest BCUT2D eigenvalue weighted by Gasteiger charge is -2.16. The molecule has 1 amide bonds. The first-order valence-electron chi connectivity index (χ1n) is 9.60. The zero-order valence-corrected chi connectivity index (χ0v) is 18.3. The predicted octanol–water partition coefficient (Wildman–Crippen LogP) is 5.43. The predicted molar refractivity (Wildman–Crippen MR) is 115 cm³/mol. The Bertz CT molecular complexity index is 838. The molecule has 7 heteroatoms. The van der Waals surface area contributed by atoms with Crippen LogP contribution in [0.3, 0.4) is 0 Å². The van der Waals surface area contributed by atoms with Crippen molar-refractivity contribution in [3.05, 3.63) is 40.9 Å². The summed E-state index contributed by atoms with van der Waals surface area (Å²) in [5, 5.41) is 3.17. The molecule has 0 atom stereocenters. The molecule has 0 aromatic heterocycles. The maximum atomic E-state index is 12.9. The van der Waals surface area contributed by atoms with Crippen LogP contribution in [0.4, 0.5) is 5.69 Å². The molecular formula is C22H28ClNO5. The minimum Gasteiger partial charge on any atom is -0.494 e. The zero-order valence-electron chi connectivity index (χ0n) is 17.5. The van der Waals surface area contributed by atoms with E-state index in [4.69, 9.17) is 30.5 Å². The summed E-state index contributed by atoms with van der Waals surface area (Å²) in [6.07, 6.45) is 0. The van der Waals surface area contributed by atoms with Crippen molar-refractivity contribution in [1.29, 1.82) is 0 Å². The van der Waals surface area contributed by atoms with Gasteiger partial charge in [-0.1, -0.05) is 25.4 Å². The number of hydrogen-bond donors (Lipinski definition) is 1. The van der Waals surface area contributed by atoms with E-state index < -0.39 is 0 Å². The van der Waals surface area contributed by atoms with Crippen LogP contribution in [0.5, 0.6) is 23.0 Å². The van der Waals surface area contributed by atoms with Crippen LogP contribution in [0.25, 0.3) is 0 Å². The third-order valence-electron chi connectivity index (χ3n) is 3.86. The normalized spacial score (nSPS) is 10.6. The standard InChI is InChI=1S/C22H28ClNO5/c1-6-27-16-8-9-19(28-7-2)18(12-16)24-22(25)15-10-17(23)21(20(11-15)26-5)29-13-14(3)4/h8-12,14H,6-7,13H2,1-5H3,(H,24,25). The fourth-order valence-corrected chi connectivity index (χ4v) is 2.85. The molecule has 6 nitrogen and oxygen atoms in total. The van der Waals surface area contributed by atoms with Crippen LogP contribution in [0.1, 0.15) is 38.1 Å². The van der Waals surface area contributed by atoms with E-state index in [-0.39, 0.29) is 5.91 Å². The largest absolute Gasteiger partial charge is 0.494 e. The summed E-state index contributed by atoms with van der Waals surface area (Å²) in [4.78, 5) is 12.9. The van der Waals surface area contributed by atoms with Gasteiger partial charge in [0.25, 0.3) is 5.91 Å². The number of hydrogen-bond acceptors (Lipinski definition) is 5. The second kappa shape index (κ2) is 10.8. The number of amides is 1. The lowest BCUT2D eigenvalue weighted by Crippen LogP contribution is -2.14. The van der Waals surface area contributed by atoms with E-state index in [1.54, 1.807) is 30.3 Å². The van der Waals surface area contributed by atoms with Gasteiger partial charge in [-0.2, -0.15) is 0 Å². The number of rotatable bonds is 10. The van der Waals surface area contributed by atoms with Gasteiger partial charge >= 0.3 is 0 Å². The van der Waals surface area contributed by atoms with Crippen LogP contribution in [0.2, 0.25) is 5.02 Å². The minimum absolute atomic E-state index is 0.309. The number of anilines is 1. The van der Waals surface area contributed by atoms with Gasteiger partial charge in [0, 0.05) is 11.6 Å². The first kappa shape index (κ1) is 22.7. The lowest BCUT2D eigenvalue weighted by molar-refractivity contribution is 0.102. The van der Waals surface area contributed by atoms with Crippen molar-refractivity contribution in [2.75, 3.05) is 32.2 Å². The monoisotopic (exact) mass is 421 g/mol. The van der Waals surface area contributed by atoms with E-state index in [1.807, 2.05) is 27.7 Å². The highest BCUT2D eigenvalue weighted by Crippen LogP contribution is 2.37. The van der Waals surface area contributed by atoms with Gasteiger partial charge in [-0.3, -0.25) is 4.79 Å². The van der Waals surface area contributed by atoms with E-state index >= 15 is 0 Å². The first-order valence-corrected chi connectivity index (χ1v) is 9.98. The molecule has 0 fully saturated rings. The van der Waals surface area contributed by atoms with Gasteiger partial charge in [0.2, 0.25) is 0 Å². The molecule has 2 rings (SSSR count). The molecule has 0 aliphatic heterocycles. The van der Waals surface area contributed by atoms with Gasteiger partial charge in [0.15, 0.2) is 11.5 Å². The smallest absolute Gasteiger partial charge is 0.255 e. The van der Waals surface area contributed by atoms with Crippen LogP contribution in [0.15, 0.2) is 30.3 Å². The molecule has 0 saturated carbocycles. The summed E-state index contributed by atoms with van der Waals surface area (Å²) in [6, 6.07) is 8.45. The summed E-state index contributed by atoms with van der Waals surface area (Å²) in [5.41, 5.74) is 0.853. The summed E-state index contributed by atoms with van der Waals surface area (Å²) in [6.45, 7) is 9.32. The maximum absolute atomic E-state index is 12.9. The van der Waals surface area contributed by atoms with Crippen molar-refractivity contribution in [2.24, 2.45) is 5.92 Å². The average Bonchev–Trinajstić information content (AvgIpc) is 2.68. The van der Waals surface area contributed by atoms with Gasteiger partial charge in [-0.05, 0) is 44.0 Å². The number of nitrogens with one attached hydrogen (secondary N) is 1. The average molecular weight is 422 g/mol. The number of carbonyl (C=O) groups excluding carboxylic acids is 1. The molecule has 0 aliphatic carbocycles. The Morgan fingerprint density at radius 1 is 1.03 bits per heavy atom. The molecule has 0 aliphatic rings. The van der Waals surface area contributed by atoms with Crippen LogP contribution >= 0.6 is 11.6 Å². The van der Waals surface area contributed by atoms with Gasteiger partial charge in [-0.25, -0.2) is 0 Å². The Kier molecular flexibility index (Phi) is 8.46. The Morgan fingerprint density at radius 3 is 2.38 bits per heavy atom. The fraction of sp³-hybridized carbons (Fsp3) is 0.409. The van der Waals surface area contributed by atoms with Gasteiger partial charge in [0.1, 0.15) is 11.5 Å². The topological polar surface area (TPSA) is 66.0 Å². The number of carbonyl (C=O) groups is 1. The van der Waals surface area contributed by atoms with Crippen molar-refractivity contribution >= 4 is 23.2 Å². The molecule has 0 radical (unpaired) electrons. The van der Waals surface area contributed by atoms with Gasteiger partial charge in [-0.15, -0.1) is 0 Å². The molecule has 2 aromatic carbocycles. The van der Waals surface area contributed by atoms with Crippen molar-refractivity contribution in [3.63, 3.8) is 0 Å². The van der Waals surface area contributed by atoms with Crippen molar-refractivity contribution in [3.8, 4) is 23.0 Å². The van der Waals surface area contributed by atoms with Crippen LogP contribution in [0, 0.1) is 5.92 Å². The quantitative estimate of drug-likeness (QED) is 0.553. The highest BCUT2D eigenvalue weighted by molar-refractivity contribution is 6.32. The van der Waals surface area contributed by atoms with Crippen molar-refractivity contribution < 1.29 is 23.7 Å². The first-order chi connectivity index (χ1) is 13.9. The van der Waals surface area contributed by atoms with Crippen LogP contribution in [-0.4, -0.2) is 32.8 Å². The number of benzene rings is 2. The molecule has 29 heavy (non-hydrogen) atoms. The van der Waals surface area contributed by atoms with Crippen molar-refractivity contribution in [2.45, 2.75) is 27.7 Å². The number of halogens is 1. The Labute approximate surface area is 177 Å². The third-order valence-corrected chi connectivity index (χ3v) is 4.14. The number of ether oxygens (including phenoxy) is 4. The van der Waals surface area contributed by atoms with E-state index in [0.717, 1.165) is 0 Å². The molecule has 2 aromatic rings. The Hall–Kier alpha value is -2.60. The summed E-state index contributed by atoms with van der Waals surface area (Å²) in [7, 11) is 1.51. The SMILES string of the molecule is CCOc1ccc(OCC)c(NC(=O)c2cc(Cl)c(OCC(C)C)c(OC)c2)c1. The lowest BCUT2D eigenvalue weighted by atomic mass is 10.1. The van der Waals surface area contributed by atoms with E-state index in [2.05, 4.69) is 5.32 Å². The van der Waals surface area contributed by atoms with E-state index in [0.29, 0.717) is 65.0 Å². The molecular weight excluding hydrogens is 394 g/mol. The van der Waals surface area contributed by atoms with Crippen LogP contribution < -0.4 is 24.3 Å². The molecule has 0 spiro atoms. The van der Waals surface area contributed by atoms with E-state index in [9.17, 15) is 4.79 Å². The van der Waals surface area contributed by atoms with Crippen molar-refractivity contribution in [1.82, 2.24) is 0 Å². The zero-order chi connectivity index (χ0) is 21.4. The molecule has 0 saturated heterocycles. The third kappa shape index (κ3) is 6.19. The highest BCUT2D eigenvalue weighted by Gasteiger charge is 2.18. The molecule has 0 unspecified atom stereocenters. The van der Waals surface area contributed by atoms with Crippen LogP contribution in [-0.2, 0) is 0 Å². The Balaban J connectivity index is 2.30. The minimum atomic E-state index is -0.352. The van der Waals surface area contributed by atoms with E-state index in [1.165, 1.54) is 7.11 Å². The number of methoxy groups -OCH3 is 1. The molecule has 0 bridgehead atoms.